The van der Waals surface area contributed by atoms with Gasteiger partial charge in [-0.25, -0.2) is 9.59 Å². The molecule has 2 N–H and O–H groups in total. The lowest BCUT2D eigenvalue weighted by atomic mass is 10.1. The van der Waals surface area contributed by atoms with E-state index in [2.05, 4.69) is 15.6 Å². The number of amides is 2. The number of benzene rings is 1. The molecular weight excluding hydrogens is 346 g/mol. The molecule has 0 atom stereocenters. The fourth-order valence-electron chi connectivity index (χ4n) is 2.44. The number of aliphatic imine (C=N–C) groups is 1. The number of carbonyl (C=O) groups excluding carboxylic acids is 1. The second kappa shape index (κ2) is 8.03. The van der Waals surface area contributed by atoms with Crippen LogP contribution in [0.3, 0.4) is 0 Å². The molecular formula is C19H25N5O3. The largest absolute Gasteiger partial charge is 0.333 e. The van der Waals surface area contributed by atoms with Crippen LogP contribution in [-0.2, 0) is 20.6 Å². The minimum absolute atomic E-state index is 0.0988. The van der Waals surface area contributed by atoms with Crippen molar-refractivity contribution in [1.82, 2.24) is 14.5 Å². The number of hydrogen-bond acceptors (Lipinski definition) is 4. The Hall–Kier alpha value is -3.16. The molecule has 2 rings (SSSR count). The van der Waals surface area contributed by atoms with Crippen LogP contribution in [-0.4, -0.2) is 26.9 Å². The topological polar surface area (TPSA) is 97.5 Å². The van der Waals surface area contributed by atoms with Gasteiger partial charge in [0, 0.05) is 25.8 Å². The second-order valence-corrected chi connectivity index (χ2v) is 7.25. The third kappa shape index (κ3) is 5.16. The quantitative estimate of drug-likeness (QED) is 0.799. The zero-order valence-corrected chi connectivity index (χ0v) is 16.2. The predicted molar refractivity (Wildman–Crippen MR) is 107 cm³/mol. The summed E-state index contributed by atoms with van der Waals surface area (Å²) in [6, 6.07) is 9.05. The van der Waals surface area contributed by atoms with Crippen LogP contribution in [0.1, 0.15) is 31.9 Å². The predicted octanol–water partition coefficient (Wildman–Crippen LogP) is 1.62. The highest BCUT2D eigenvalue weighted by atomic mass is 16.2. The molecule has 0 radical (unpaired) electrons. The first-order chi connectivity index (χ1) is 12.6. The summed E-state index contributed by atoms with van der Waals surface area (Å²) in [5.41, 5.74) is -0.410. The average Bonchev–Trinajstić information content (AvgIpc) is 2.59. The standard InChI is InChI=1S/C19H25N5O3/c1-19(2,3)22-17(26)21-15-14(16(25)24(5)18(27)23(15)4)12-20-11-13-9-7-6-8-10-13/h6-10,12H,11H2,1-5H3,(H2,21,22,26). The number of anilines is 1. The summed E-state index contributed by atoms with van der Waals surface area (Å²) >= 11 is 0. The summed E-state index contributed by atoms with van der Waals surface area (Å²) in [5, 5.41) is 5.34. The van der Waals surface area contributed by atoms with Gasteiger partial charge in [-0.15, -0.1) is 0 Å². The first kappa shape index (κ1) is 20.2. The van der Waals surface area contributed by atoms with E-state index in [0.717, 1.165) is 10.1 Å². The van der Waals surface area contributed by atoms with E-state index in [9.17, 15) is 14.4 Å². The molecule has 27 heavy (non-hydrogen) atoms. The number of carbonyl (C=O) groups is 1. The third-order valence-electron chi connectivity index (χ3n) is 3.76. The second-order valence-electron chi connectivity index (χ2n) is 7.25. The maximum Gasteiger partial charge on any atom is 0.332 e. The fourth-order valence-corrected chi connectivity index (χ4v) is 2.44. The van der Waals surface area contributed by atoms with Gasteiger partial charge in [0.25, 0.3) is 5.56 Å². The molecule has 0 spiro atoms. The maximum absolute atomic E-state index is 12.6. The average molecular weight is 371 g/mol. The number of urea groups is 1. The minimum atomic E-state index is -0.536. The Morgan fingerprint density at radius 3 is 2.33 bits per heavy atom. The van der Waals surface area contributed by atoms with E-state index in [1.54, 1.807) is 0 Å². The monoisotopic (exact) mass is 371 g/mol. The van der Waals surface area contributed by atoms with Crippen molar-refractivity contribution in [1.29, 1.82) is 0 Å². The molecule has 0 saturated heterocycles. The molecule has 0 saturated carbocycles. The minimum Gasteiger partial charge on any atom is -0.333 e. The Bertz CT molecular complexity index is 966. The lowest BCUT2D eigenvalue weighted by Crippen LogP contribution is -2.46. The van der Waals surface area contributed by atoms with Gasteiger partial charge in [0.05, 0.1) is 12.1 Å². The highest BCUT2D eigenvalue weighted by Gasteiger charge is 2.19. The molecule has 0 unspecified atom stereocenters. The summed E-state index contributed by atoms with van der Waals surface area (Å²) in [7, 11) is 2.88. The summed E-state index contributed by atoms with van der Waals surface area (Å²) in [6.07, 6.45) is 1.39. The number of nitrogens with zero attached hydrogens (tertiary/aromatic N) is 3. The first-order valence-corrected chi connectivity index (χ1v) is 8.53. The number of aromatic nitrogens is 2. The Morgan fingerprint density at radius 2 is 1.74 bits per heavy atom. The Labute approximate surface area is 157 Å². The SMILES string of the molecule is Cn1c(NC(=O)NC(C)(C)C)c(C=NCc2ccccc2)c(=O)n(C)c1=O. The van der Waals surface area contributed by atoms with Crippen molar-refractivity contribution in [3.05, 3.63) is 62.3 Å². The van der Waals surface area contributed by atoms with Gasteiger partial charge in [0.1, 0.15) is 5.82 Å². The molecule has 2 aromatic rings. The first-order valence-electron chi connectivity index (χ1n) is 8.53. The molecule has 8 nitrogen and oxygen atoms in total. The van der Waals surface area contributed by atoms with Crippen LogP contribution < -0.4 is 21.9 Å². The van der Waals surface area contributed by atoms with Crippen LogP contribution in [0.15, 0.2) is 44.9 Å². The van der Waals surface area contributed by atoms with E-state index in [0.29, 0.717) is 6.54 Å². The highest BCUT2D eigenvalue weighted by molar-refractivity contribution is 5.95. The summed E-state index contributed by atoms with van der Waals surface area (Å²) in [6.45, 7) is 5.87. The highest BCUT2D eigenvalue weighted by Crippen LogP contribution is 2.08. The molecule has 0 aliphatic rings. The van der Waals surface area contributed by atoms with E-state index in [1.165, 1.54) is 24.9 Å². The Balaban J connectivity index is 2.41. The van der Waals surface area contributed by atoms with Gasteiger partial charge >= 0.3 is 11.7 Å². The number of hydrogen-bond donors (Lipinski definition) is 2. The Kier molecular flexibility index (Phi) is 5.99. The van der Waals surface area contributed by atoms with Crippen molar-refractivity contribution in [3.63, 3.8) is 0 Å². The zero-order valence-electron chi connectivity index (χ0n) is 16.2. The number of rotatable bonds is 4. The van der Waals surface area contributed by atoms with Gasteiger partial charge < -0.3 is 5.32 Å². The van der Waals surface area contributed by atoms with Crippen LogP contribution >= 0.6 is 0 Å². The summed E-state index contributed by atoms with van der Waals surface area (Å²) < 4.78 is 2.20. The van der Waals surface area contributed by atoms with Gasteiger partial charge in [0.15, 0.2) is 0 Å². The van der Waals surface area contributed by atoms with E-state index < -0.39 is 22.8 Å². The molecule has 1 aromatic carbocycles. The molecule has 0 aliphatic carbocycles. The lowest BCUT2D eigenvalue weighted by Gasteiger charge is -2.22. The maximum atomic E-state index is 12.6. The summed E-state index contributed by atoms with van der Waals surface area (Å²) in [5.74, 6) is 0.0988. The van der Waals surface area contributed by atoms with Crippen LogP contribution in [0, 0.1) is 0 Å². The summed E-state index contributed by atoms with van der Waals surface area (Å²) in [4.78, 5) is 41.3. The molecule has 0 fully saturated rings. The van der Waals surface area contributed by atoms with Crippen molar-refractivity contribution >= 4 is 18.1 Å². The fraction of sp³-hybridized carbons (Fsp3) is 0.368. The molecule has 8 heteroatoms. The molecule has 144 valence electrons. The Morgan fingerprint density at radius 1 is 1.11 bits per heavy atom. The third-order valence-corrected chi connectivity index (χ3v) is 3.76. The van der Waals surface area contributed by atoms with Gasteiger partial charge in [-0.3, -0.25) is 24.2 Å². The van der Waals surface area contributed by atoms with Crippen LogP contribution in [0.2, 0.25) is 0 Å². The molecule has 1 aromatic heterocycles. The molecule has 1 heterocycles. The van der Waals surface area contributed by atoms with Crippen molar-refractivity contribution in [3.8, 4) is 0 Å². The van der Waals surface area contributed by atoms with Crippen molar-refractivity contribution in [2.45, 2.75) is 32.9 Å². The zero-order chi connectivity index (χ0) is 20.2. The smallest absolute Gasteiger partial charge is 0.332 e. The van der Waals surface area contributed by atoms with Crippen LogP contribution in [0.5, 0.6) is 0 Å². The molecule has 2 amide bonds. The lowest BCUT2D eigenvalue weighted by molar-refractivity contribution is 0.243. The van der Waals surface area contributed by atoms with Crippen molar-refractivity contribution in [2.24, 2.45) is 19.1 Å². The molecule has 0 aliphatic heterocycles. The normalized spacial score (nSPS) is 11.6. The molecule has 0 bridgehead atoms. The van der Waals surface area contributed by atoms with Crippen molar-refractivity contribution < 1.29 is 4.79 Å². The number of nitrogens with one attached hydrogen (secondary N) is 2. The van der Waals surface area contributed by atoms with Gasteiger partial charge in [0.2, 0.25) is 0 Å². The van der Waals surface area contributed by atoms with E-state index in [1.807, 2.05) is 51.1 Å². The van der Waals surface area contributed by atoms with Gasteiger partial charge in [-0.2, -0.15) is 0 Å². The van der Waals surface area contributed by atoms with Crippen molar-refractivity contribution in [2.75, 3.05) is 5.32 Å². The van der Waals surface area contributed by atoms with E-state index in [-0.39, 0.29) is 11.4 Å². The van der Waals surface area contributed by atoms with Crippen LogP contribution in [0.25, 0.3) is 0 Å². The van der Waals surface area contributed by atoms with E-state index >= 15 is 0 Å². The van der Waals surface area contributed by atoms with Gasteiger partial charge in [-0.1, -0.05) is 30.3 Å². The van der Waals surface area contributed by atoms with E-state index in [4.69, 9.17) is 0 Å². The van der Waals surface area contributed by atoms with Crippen LogP contribution in [0.4, 0.5) is 10.6 Å². The van der Waals surface area contributed by atoms with Gasteiger partial charge in [-0.05, 0) is 26.3 Å².